The summed E-state index contributed by atoms with van der Waals surface area (Å²) in [6.45, 7) is 4.72. The summed E-state index contributed by atoms with van der Waals surface area (Å²) in [5, 5.41) is 15.4. The zero-order chi connectivity index (χ0) is 18.7. The Morgan fingerprint density at radius 1 is 1.32 bits per heavy atom. The average Bonchev–Trinajstić information content (AvgIpc) is 2.53. The first-order valence-corrected chi connectivity index (χ1v) is 8.02. The average molecular weight is 364 g/mol. The Kier molecular flexibility index (Phi) is 5.63. The number of hydrogen-bond donors (Lipinski definition) is 3. The van der Waals surface area contributed by atoms with Crippen molar-refractivity contribution < 1.29 is 24.2 Å². The topological polar surface area (TPSA) is 96.9 Å². The van der Waals surface area contributed by atoms with Gasteiger partial charge in [-0.3, -0.25) is 4.79 Å². The molecule has 0 radical (unpaired) electrons. The molecular formula is C17H20N2O5S. The van der Waals surface area contributed by atoms with Crippen LogP contribution >= 0.6 is 12.2 Å². The molecule has 2 rings (SSSR count). The van der Waals surface area contributed by atoms with Gasteiger partial charge in [0.1, 0.15) is 0 Å². The number of benzene rings is 1. The van der Waals surface area contributed by atoms with E-state index >= 15 is 0 Å². The molecule has 1 aromatic rings. The van der Waals surface area contributed by atoms with E-state index in [4.69, 9.17) is 26.8 Å². The fourth-order valence-corrected chi connectivity index (χ4v) is 2.88. The van der Waals surface area contributed by atoms with Crippen LogP contribution in [0.1, 0.15) is 32.4 Å². The Morgan fingerprint density at radius 2 is 2.00 bits per heavy atom. The van der Waals surface area contributed by atoms with Gasteiger partial charge in [-0.1, -0.05) is 6.07 Å². The van der Waals surface area contributed by atoms with Crippen molar-refractivity contribution in [3.05, 3.63) is 35.0 Å². The predicted octanol–water partition coefficient (Wildman–Crippen LogP) is 1.93. The lowest BCUT2D eigenvalue weighted by Gasteiger charge is -2.30. The molecule has 0 bridgehead atoms. The van der Waals surface area contributed by atoms with Crippen LogP contribution in [0.4, 0.5) is 0 Å². The van der Waals surface area contributed by atoms with Crippen molar-refractivity contribution in [1.82, 2.24) is 10.6 Å². The third-order valence-corrected chi connectivity index (χ3v) is 4.04. The highest BCUT2D eigenvalue weighted by molar-refractivity contribution is 7.80. The van der Waals surface area contributed by atoms with Crippen LogP contribution in [0.15, 0.2) is 29.5 Å². The second-order valence-electron chi connectivity index (χ2n) is 5.63. The minimum Gasteiger partial charge on any atom is -0.493 e. The van der Waals surface area contributed by atoms with E-state index in [9.17, 15) is 9.59 Å². The standard InChI is InChI=1S/C17H20N2O5S/c1-8-14(9(2)20)15(19-17(25)18-8)11-5-6-12(13(7-11)23-4)24-10(3)16(21)22/h5-7,10,15H,1-4H3,(H,21,22)(H2,18,19,25)/t10-,15+/m1/s1. The number of nitrogens with one attached hydrogen (secondary N) is 2. The van der Waals surface area contributed by atoms with E-state index in [0.29, 0.717) is 27.9 Å². The Bertz CT molecular complexity index is 759. The van der Waals surface area contributed by atoms with Crippen LogP contribution in [0.2, 0.25) is 0 Å². The Hall–Kier alpha value is -2.61. The maximum atomic E-state index is 12.0. The summed E-state index contributed by atoms with van der Waals surface area (Å²) < 4.78 is 10.7. The molecule has 0 amide bonds. The highest BCUT2D eigenvalue weighted by atomic mass is 32.1. The van der Waals surface area contributed by atoms with Crippen molar-refractivity contribution in [2.45, 2.75) is 32.9 Å². The number of thiocarbonyl (C=S) groups is 1. The molecule has 0 saturated carbocycles. The van der Waals surface area contributed by atoms with Crippen LogP contribution in [-0.2, 0) is 9.59 Å². The predicted molar refractivity (Wildman–Crippen MR) is 95.7 cm³/mol. The number of allylic oxidation sites excluding steroid dienone is 1. The van der Waals surface area contributed by atoms with Crippen molar-refractivity contribution in [1.29, 1.82) is 0 Å². The zero-order valence-electron chi connectivity index (χ0n) is 14.4. The maximum Gasteiger partial charge on any atom is 0.344 e. The van der Waals surface area contributed by atoms with Gasteiger partial charge in [0.15, 0.2) is 28.5 Å². The summed E-state index contributed by atoms with van der Waals surface area (Å²) in [5.74, 6) is -0.474. The fourth-order valence-electron chi connectivity index (χ4n) is 2.61. The zero-order valence-corrected chi connectivity index (χ0v) is 15.2. The summed E-state index contributed by atoms with van der Waals surface area (Å²) in [4.78, 5) is 23.0. The molecule has 8 heteroatoms. The molecule has 7 nitrogen and oxygen atoms in total. The van der Waals surface area contributed by atoms with E-state index in [1.54, 1.807) is 25.1 Å². The summed E-state index contributed by atoms with van der Waals surface area (Å²) >= 11 is 5.18. The maximum absolute atomic E-state index is 12.0. The van der Waals surface area contributed by atoms with Crippen LogP contribution in [-0.4, -0.2) is 35.2 Å². The number of ether oxygens (including phenoxy) is 2. The minimum absolute atomic E-state index is 0.0798. The van der Waals surface area contributed by atoms with Crippen LogP contribution < -0.4 is 20.1 Å². The SMILES string of the molecule is COc1cc([C@@H]2NC(=S)NC(C)=C2C(C)=O)ccc1O[C@H](C)C(=O)O. The molecule has 0 aromatic heterocycles. The van der Waals surface area contributed by atoms with Gasteiger partial charge < -0.3 is 25.2 Å². The van der Waals surface area contributed by atoms with Gasteiger partial charge in [0.25, 0.3) is 0 Å². The van der Waals surface area contributed by atoms with Gasteiger partial charge in [-0.25, -0.2) is 4.79 Å². The van der Waals surface area contributed by atoms with E-state index < -0.39 is 18.1 Å². The first-order chi connectivity index (χ1) is 11.7. The lowest BCUT2D eigenvalue weighted by Crippen LogP contribution is -2.44. The van der Waals surface area contributed by atoms with Gasteiger partial charge in [0.05, 0.1) is 13.2 Å². The molecule has 134 valence electrons. The summed E-state index contributed by atoms with van der Waals surface area (Å²) in [7, 11) is 1.46. The smallest absolute Gasteiger partial charge is 0.344 e. The van der Waals surface area contributed by atoms with E-state index in [1.165, 1.54) is 21.0 Å². The normalized spacial score (nSPS) is 18.1. The van der Waals surface area contributed by atoms with E-state index in [1.807, 2.05) is 0 Å². The number of methoxy groups -OCH3 is 1. The fraction of sp³-hybridized carbons (Fsp3) is 0.353. The molecular weight excluding hydrogens is 344 g/mol. The number of carbonyl (C=O) groups excluding carboxylic acids is 1. The molecule has 0 aliphatic carbocycles. The van der Waals surface area contributed by atoms with E-state index in [-0.39, 0.29) is 5.78 Å². The van der Waals surface area contributed by atoms with Gasteiger partial charge in [0, 0.05) is 11.3 Å². The number of rotatable bonds is 6. The number of carboxylic acids is 1. The third kappa shape index (κ3) is 4.08. The molecule has 1 aliphatic heterocycles. The Morgan fingerprint density at radius 3 is 2.56 bits per heavy atom. The van der Waals surface area contributed by atoms with Crippen molar-refractivity contribution >= 4 is 29.1 Å². The van der Waals surface area contributed by atoms with Gasteiger partial charge >= 0.3 is 5.97 Å². The monoisotopic (exact) mass is 364 g/mol. The third-order valence-electron chi connectivity index (χ3n) is 3.82. The molecule has 1 aliphatic rings. The van der Waals surface area contributed by atoms with Crippen molar-refractivity contribution in [3.63, 3.8) is 0 Å². The van der Waals surface area contributed by atoms with E-state index in [2.05, 4.69) is 10.6 Å². The molecule has 2 atom stereocenters. The number of ketones is 1. The number of Topliss-reactive ketones (excluding diaryl/α,β-unsaturated/α-hetero) is 1. The van der Waals surface area contributed by atoms with Crippen molar-refractivity contribution in [2.75, 3.05) is 7.11 Å². The summed E-state index contributed by atoms with van der Waals surface area (Å²) in [5.41, 5.74) is 2.02. The molecule has 25 heavy (non-hydrogen) atoms. The number of aliphatic carboxylic acids is 1. The second-order valence-corrected chi connectivity index (χ2v) is 6.04. The lowest BCUT2D eigenvalue weighted by atomic mass is 9.93. The molecule has 0 fully saturated rings. The van der Waals surface area contributed by atoms with Gasteiger partial charge in [-0.2, -0.15) is 0 Å². The lowest BCUT2D eigenvalue weighted by molar-refractivity contribution is -0.144. The number of carbonyl (C=O) groups is 2. The van der Waals surface area contributed by atoms with Gasteiger partial charge in [-0.05, 0) is 50.7 Å². The second kappa shape index (κ2) is 7.52. The summed E-state index contributed by atoms with van der Waals surface area (Å²) in [6, 6.07) is 4.64. The number of hydrogen-bond acceptors (Lipinski definition) is 5. The highest BCUT2D eigenvalue weighted by Crippen LogP contribution is 2.34. The van der Waals surface area contributed by atoms with Gasteiger partial charge in [-0.15, -0.1) is 0 Å². The molecule has 1 heterocycles. The first-order valence-electron chi connectivity index (χ1n) is 7.61. The van der Waals surface area contributed by atoms with Crippen LogP contribution in [0.3, 0.4) is 0 Å². The van der Waals surface area contributed by atoms with E-state index in [0.717, 1.165) is 5.56 Å². The Labute approximate surface area is 151 Å². The first kappa shape index (κ1) is 18.7. The molecule has 3 N–H and O–H groups in total. The quantitative estimate of drug-likeness (QED) is 0.659. The number of carboxylic acid groups (broad SMARTS) is 1. The highest BCUT2D eigenvalue weighted by Gasteiger charge is 2.28. The molecule has 1 aromatic carbocycles. The molecule has 0 saturated heterocycles. The molecule has 0 unspecified atom stereocenters. The van der Waals surface area contributed by atoms with Crippen molar-refractivity contribution in [3.8, 4) is 11.5 Å². The largest absolute Gasteiger partial charge is 0.493 e. The van der Waals surface area contributed by atoms with Crippen molar-refractivity contribution in [2.24, 2.45) is 0 Å². The van der Waals surface area contributed by atoms with Crippen LogP contribution in [0.5, 0.6) is 11.5 Å². The van der Waals surface area contributed by atoms with Crippen LogP contribution in [0.25, 0.3) is 0 Å². The Balaban J connectivity index is 2.42. The minimum atomic E-state index is -1.08. The molecule has 0 spiro atoms. The summed E-state index contributed by atoms with van der Waals surface area (Å²) in [6.07, 6.45) is -1.01. The van der Waals surface area contributed by atoms with Crippen LogP contribution in [0, 0.1) is 0 Å². The van der Waals surface area contributed by atoms with Gasteiger partial charge in [0.2, 0.25) is 0 Å².